The van der Waals surface area contributed by atoms with Crippen molar-refractivity contribution in [2.24, 2.45) is 29.2 Å². The van der Waals surface area contributed by atoms with Gasteiger partial charge in [0.25, 0.3) is 5.91 Å². The van der Waals surface area contributed by atoms with Crippen molar-refractivity contribution in [3.63, 3.8) is 0 Å². The monoisotopic (exact) mass is 731 g/mol. The Morgan fingerprint density at radius 3 is 2.80 bits per heavy atom. The Morgan fingerprint density at radius 1 is 1.10 bits per heavy atom. The molecule has 4 aliphatic rings. The Bertz CT molecular complexity index is 2100. The summed E-state index contributed by atoms with van der Waals surface area (Å²) in [6.07, 6.45) is 11.3. The van der Waals surface area contributed by atoms with Gasteiger partial charge in [0.15, 0.2) is 11.5 Å². The highest BCUT2D eigenvalue weighted by Gasteiger charge is 2.44. The Labute approximate surface area is 304 Å². The van der Waals surface area contributed by atoms with Crippen molar-refractivity contribution >= 4 is 50.0 Å². The summed E-state index contributed by atoms with van der Waals surface area (Å²) < 4.78 is 36.9. The van der Waals surface area contributed by atoms with Crippen LogP contribution in [-0.2, 0) is 33.5 Å². The fourth-order valence-corrected chi connectivity index (χ4v) is 11.1. The highest BCUT2D eigenvalue weighted by molar-refractivity contribution is 7.95. The second-order valence-corrected chi connectivity index (χ2v) is 17.6. The van der Waals surface area contributed by atoms with Crippen molar-refractivity contribution in [3.05, 3.63) is 70.6 Å². The van der Waals surface area contributed by atoms with Crippen molar-refractivity contribution in [3.8, 4) is 5.75 Å². The topological polar surface area (TPSA) is 124 Å². The minimum absolute atomic E-state index is 0.0238. The van der Waals surface area contributed by atoms with Gasteiger partial charge in [-0.1, -0.05) is 31.0 Å². The average molecular weight is 732 g/mol. The third-order valence-corrected chi connectivity index (χ3v) is 13.8. The van der Waals surface area contributed by atoms with Gasteiger partial charge in [0.2, 0.25) is 0 Å². The van der Waals surface area contributed by atoms with E-state index in [1.807, 2.05) is 25.3 Å². The molecule has 1 fully saturated rings. The number of benzene rings is 2. The van der Waals surface area contributed by atoms with Gasteiger partial charge < -0.3 is 14.4 Å². The maximum absolute atomic E-state index is 14.8. The number of halogens is 1. The summed E-state index contributed by atoms with van der Waals surface area (Å²) >= 11 is 6.48. The van der Waals surface area contributed by atoms with Gasteiger partial charge in [-0.25, -0.2) is 14.2 Å². The molecule has 1 unspecified atom stereocenters. The van der Waals surface area contributed by atoms with Crippen LogP contribution < -0.4 is 14.4 Å². The molecule has 0 radical (unpaired) electrons. The standard InChI is InChI=1S/C38H46ClN7O4S/c1-24-6-4-8-33(49-3)29-12-9-27(29)18-46-21-38(15-5-7-25-16-28(39)11-13-31(25)38)22-50-34-14-10-26(17-32(34)46)37(47)44-51(48,20-24)43-36-30-19-45(2)42-35(30)40-23-41-36/h10-11,13-14,16-17,19,23-24,27,29,33H,4-9,12,15,18,20-22H2,1-3H3,(H,40,41,42,43,44,47,48)/t24-,27-,29+,33-,38-,51?/m0/s1. The first-order valence-electron chi connectivity index (χ1n) is 18.2. The molecule has 2 aromatic carbocycles. The fourth-order valence-electron chi connectivity index (χ4n) is 8.96. The van der Waals surface area contributed by atoms with E-state index in [9.17, 15) is 9.00 Å². The number of methoxy groups -OCH3 is 1. The van der Waals surface area contributed by atoms with Crippen LogP contribution >= 0.6 is 11.6 Å². The minimum atomic E-state index is -3.32. The number of rotatable bonds is 3. The third-order valence-electron chi connectivity index (χ3n) is 11.6. The number of fused-ring (bicyclic) bond motifs is 5. The van der Waals surface area contributed by atoms with Crippen LogP contribution in [0.4, 0.5) is 11.5 Å². The number of carbonyl (C=O) groups excluding carboxylic acids is 1. The maximum Gasteiger partial charge on any atom is 0.286 e. The Kier molecular flexibility index (Phi) is 9.21. The predicted molar refractivity (Wildman–Crippen MR) is 200 cm³/mol. The quantitative estimate of drug-likeness (QED) is 0.239. The van der Waals surface area contributed by atoms with Crippen LogP contribution in [0, 0.1) is 17.8 Å². The van der Waals surface area contributed by atoms with Crippen molar-refractivity contribution in [1.82, 2.24) is 19.7 Å². The van der Waals surface area contributed by atoms with Crippen LogP contribution in [0.3, 0.4) is 0 Å². The number of hydrogen-bond donors (Lipinski definition) is 1. The Morgan fingerprint density at radius 2 is 1.98 bits per heavy atom. The normalized spacial score (nSPS) is 29.6. The molecule has 2 aliphatic heterocycles. The van der Waals surface area contributed by atoms with E-state index in [1.165, 1.54) is 17.5 Å². The van der Waals surface area contributed by atoms with Gasteiger partial charge in [-0.05, 0) is 104 Å². The summed E-state index contributed by atoms with van der Waals surface area (Å²) in [5.74, 6) is 1.66. The highest BCUT2D eigenvalue weighted by atomic mass is 35.5. The van der Waals surface area contributed by atoms with Crippen molar-refractivity contribution < 1.29 is 18.5 Å². The second kappa shape index (κ2) is 13.7. The lowest BCUT2D eigenvalue weighted by Crippen LogP contribution is -2.49. The second-order valence-electron chi connectivity index (χ2n) is 15.2. The third kappa shape index (κ3) is 6.70. The van der Waals surface area contributed by atoms with E-state index in [1.54, 1.807) is 24.0 Å². The highest BCUT2D eigenvalue weighted by Crippen LogP contribution is 2.47. The molecule has 2 aromatic heterocycles. The molecule has 2 bridgehead atoms. The number of nitrogens with one attached hydrogen (secondary N) is 1. The summed E-state index contributed by atoms with van der Waals surface area (Å²) in [5.41, 5.74) is 4.08. The molecule has 4 aromatic rings. The number of carbonyl (C=O) groups is 1. The molecule has 11 nitrogen and oxygen atoms in total. The van der Waals surface area contributed by atoms with Gasteiger partial charge >= 0.3 is 0 Å². The van der Waals surface area contributed by atoms with E-state index < -0.39 is 15.8 Å². The van der Waals surface area contributed by atoms with Gasteiger partial charge in [-0.3, -0.25) is 14.2 Å². The van der Waals surface area contributed by atoms with Crippen LogP contribution in [0.25, 0.3) is 11.0 Å². The number of aryl methyl sites for hydroxylation is 2. The van der Waals surface area contributed by atoms with Crippen LogP contribution in [0.5, 0.6) is 5.75 Å². The SMILES string of the molecule is CO[C@H]1CCC[C@H](C)CS(=O)(Nc2ncnc3nn(C)cc23)=NC(=O)c2ccc3c(c2)N(C[C@@H]2CC[C@H]21)C[C@@]1(CCCc2cc(Cl)ccc21)CO3. The van der Waals surface area contributed by atoms with Gasteiger partial charge in [0.1, 0.15) is 22.0 Å². The van der Waals surface area contributed by atoms with Crippen molar-refractivity contribution in [2.45, 2.75) is 69.8 Å². The van der Waals surface area contributed by atoms with E-state index in [2.05, 4.69) is 48.1 Å². The fraction of sp³-hybridized carbons (Fsp3) is 0.526. The zero-order valence-electron chi connectivity index (χ0n) is 29.5. The number of anilines is 2. The number of aromatic nitrogens is 4. The summed E-state index contributed by atoms with van der Waals surface area (Å²) in [5, 5.41) is 5.74. The largest absolute Gasteiger partial charge is 0.490 e. The van der Waals surface area contributed by atoms with Crippen molar-refractivity contribution in [1.29, 1.82) is 0 Å². The number of nitrogens with zero attached hydrogens (tertiary/aromatic N) is 6. The molecular formula is C38H46ClN7O4S. The summed E-state index contributed by atoms with van der Waals surface area (Å²) in [7, 11) is 0.315. The molecule has 2 aliphatic carbocycles. The lowest BCUT2D eigenvalue weighted by atomic mass is 9.68. The predicted octanol–water partition coefficient (Wildman–Crippen LogP) is 6.99. The molecule has 1 saturated carbocycles. The van der Waals surface area contributed by atoms with Crippen LogP contribution in [0.2, 0.25) is 5.02 Å². The summed E-state index contributed by atoms with van der Waals surface area (Å²) in [4.78, 5) is 25.2. The molecule has 0 saturated heterocycles. The van der Waals surface area contributed by atoms with Crippen molar-refractivity contribution in [2.75, 3.05) is 42.2 Å². The first-order valence-corrected chi connectivity index (χ1v) is 20.2. The molecule has 1 amide bonds. The molecule has 1 spiro atoms. The number of hydrogen-bond acceptors (Lipinski definition) is 8. The maximum atomic E-state index is 14.8. The van der Waals surface area contributed by atoms with Crippen LogP contribution in [-0.4, -0.2) is 68.5 Å². The molecule has 4 heterocycles. The van der Waals surface area contributed by atoms with E-state index in [-0.39, 0.29) is 23.2 Å². The minimum Gasteiger partial charge on any atom is -0.490 e. The van der Waals surface area contributed by atoms with Gasteiger partial charge in [-0.15, -0.1) is 4.36 Å². The van der Waals surface area contributed by atoms with Gasteiger partial charge in [-0.2, -0.15) is 5.10 Å². The van der Waals surface area contributed by atoms with E-state index in [0.717, 1.165) is 80.9 Å². The zero-order valence-corrected chi connectivity index (χ0v) is 31.1. The first kappa shape index (κ1) is 34.4. The molecule has 6 atom stereocenters. The number of ether oxygens (including phenoxy) is 2. The Balaban J connectivity index is 1.21. The molecule has 8 rings (SSSR count). The van der Waals surface area contributed by atoms with E-state index in [0.29, 0.717) is 40.9 Å². The van der Waals surface area contributed by atoms with Gasteiger partial charge in [0, 0.05) is 49.4 Å². The first-order chi connectivity index (χ1) is 24.6. The molecular weight excluding hydrogens is 686 g/mol. The smallest absolute Gasteiger partial charge is 0.286 e. The van der Waals surface area contributed by atoms with Crippen LogP contribution in [0.15, 0.2) is 53.3 Å². The lowest BCUT2D eigenvalue weighted by molar-refractivity contribution is -0.0223. The van der Waals surface area contributed by atoms with Crippen LogP contribution in [0.1, 0.15) is 73.4 Å². The zero-order chi connectivity index (χ0) is 35.3. The molecule has 270 valence electrons. The Hall–Kier alpha value is -3.74. The summed E-state index contributed by atoms with van der Waals surface area (Å²) in [6, 6.07) is 11.8. The summed E-state index contributed by atoms with van der Waals surface area (Å²) in [6.45, 7) is 4.20. The molecule has 51 heavy (non-hydrogen) atoms. The number of amides is 1. The molecule has 1 N–H and O–H groups in total. The van der Waals surface area contributed by atoms with E-state index >= 15 is 0 Å². The van der Waals surface area contributed by atoms with E-state index in [4.69, 9.17) is 21.1 Å². The van der Waals surface area contributed by atoms with Gasteiger partial charge in [0.05, 0.1) is 29.5 Å². The lowest BCUT2D eigenvalue weighted by Gasteiger charge is -2.46. The molecule has 13 heteroatoms. The average Bonchev–Trinajstić information content (AvgIpc) is 3.41.